The lowest BCUT2D eigenvalue weighted by Crippen LogP contribution is -2.51. The molecule has 1 aliphatic heterocycles. The highest BCUT2D eigenvalue weighted by Gasteiger charge is 2.41. The van der Waals surface area contributed by atoms with E-state index in [1.54, 1.807) is 0 Å². The monoisotopic (exact) mass is 202 g/mol. The van der Waals surface area contributed by atoms with Gasteiger partial charge in [0.1, 0.15) is 0 Å². The van der Waals surface area contributed by atoms with Gasteiger partial charge in [-0.1, -0.05) is 0 Å². The molecule has 4 heteroatoms. The number of piperidine rings is 1. The average Bonchev–Trinajstić information content (AvgIpc) is 2.17. The lowest BCUT2D eigenvalue weighted by Gasteiger charge is -2.37. The largest absolute Gasteiger partial charge is 0.356 e. The van der Waals surface area contributed by atoms with Crippen LogP contribution in [0.2, 0.25) is 0 Å². The molecule has 0 aromatic heterocycles. The maximum atomic E-state index is 14.0. The Kier molecular flexibility index (Phi) is 3.48. The zero-order valence-corrected chi connectivity index (χ0v) is 9.14. The Hall–Kier alpha value is -0.640. The van der Waals surface area contributed by atoms with E-state index >= 15 is 0 Å². The van der Waals surface area contributed by atoms with Crippen LogP contribution in [-0.2, 0) is 4.79 Å². The van der Waals surface area contributed by atoms with E-state index in [0.717, 1.165) is 0 Å². The minimum atomic E-state index is -1.64. The van der Waals surface area contributed by atoms with Crippen molar-refractivity contribution in [3.63, 3.8) is 0 Å². The number of hydrogen-bond acceptors (Lipinski definition) is 2. The van der Waals surface area contributed by atoms with Gasteiger partial charge >= 0.3 is 0 Å². The first-order valence-electron chi connectivity index (χ1n) is 5.15. The van der Waals surface area contributed by atoms with E-state index in [1.165, 1.54) is 7.05 Å². The molecule has 1 aliphatic rings. The van der Waals surface area contributed by atoms with Gasteiger partial charge in [0.05, 0.1) is 0 Å². The van der Waals surface area contributed by atoms with E-state index in [2.05, 4.69) is 24.1 Å². The lowest BCUT2D eigenvalue weighted by atomic mass is 9.92. The van der Waals surface area contributed by atoms with Gasteiger partial charge in [0, 0.05) is 39.0 Å². The van der Waals surface area contributed by atoms with Gasteiger partial charge in [0.15, 0.2) is 5.67 Å². The number of alkyl halides is 1. The number of carbonyl (C=O) groups is 1. The Morgan fingerprint density at radius 3 is 2.29 bits per heavy atom. The molecular weight excluding hydrogens is 183 g/mol. The molecule has 0 aromatic carbocycles. The minimum Gasteiger partial charge on any atom is -0.356 e. The summed E-state index contributed by atoms with van der Waals surface area (Å²) in [5.41, 5.74) is -1.64. The van der Waals surface area contributed by atoms with Crippen molar-refractivity contribution >= 4 is 5.91 Å². The second-order valence-electron chi connectivity index (χ2n) is 4.17. The van der Waals surface area contributed by atoms with E-state index in [4.69, 9.17) is 0 Å². The zero-order valence-electron chi connectivity index (χ0n) is 9.14. The second kappa shape index (κ2) is 4.26. The van der Waals surface area contributed by atoms with Crippen molar-refractivity contribution in [2.24, 2.45) is 0 Å². The van der Waals surface area contributed by atoms with Crippen molar-refractivity contribution in [3.8, 4) is 0 Å². The summed E-state index contributed by atoms with van der Waals surface area (Å²) in [6.45, 7) is 5.51. The zero-order chi connectivity index (χ0) is 10.8. The number of carbonyl (C=O) groups excluding carboxylic acids is 1. The van der Waals surface area contributed by atoms with Crippen molar-refractivity contribution in [1.82, 2.24) is 10.2 Å². The first-order chi connectivity index (χ1) is 6.49. The normalized spacial score (nSPS) is 22.4. The fourth-order valence-corrected chi connectivity index (χ4v) is 1.85. The van der Waals surface area contributed by atoms with Gasteiger partial charge in [-0.25, -0.2) is 4.39 Å². The van der Waals surface area contributed by atoms with Gasteiger partial charge in [-0.15, -0.1) is 0 Å². The Morgan fingerprint density at radius 2 is 1.93 bits per heavy atom. The van der Waals surface area contributed by atoms with Crippen LogP contribution in [0.15, 0.2) is 0 Å². The van der Waals surface area contributed by atoms with Gasteiger partial charge < -0.3 is 10.2 Å². The van der Waals surface area contributed by atoms with Crippen molar-refractivity contribution in [2.75, 3.05) is 20.1 Å². The molecule has 0 radical (unpaired) electrons. The molecule has 0 bridgehead atoms. The van der Waals surface area contributed by atoms with Crippen molar-refractivity contribution in [2.45, 2.75) is 38.4 Å². The predicted octanol–water partition coefficient (Wildman–Crippen LogP) is 0.945. The standard InChI is InChI=1S/C10H19FN2O/c1-8(2)13-6-4-10(11,5-7-13)9(14)12-3/h8H,4-7H2,1-3H3,(H,12,14). The smallest absolute Gasteiger partial charge is 0.257 e. The van der Waals surface area contributed by atoms with E-state index in [1.807, 2.05) is 0 Å². The van der Waals surface area contributed by atoms with E-state index in [-0.39, 0.29) is 0 Å². The molecule has 0 aliphatic carbocycles. The molecule has 1 heterocycles. The van der Waals surface area contributed by atoms with Gasteiger partial charge in [-0.3, -0.25) is 4.79 Å². The van der Waals surface area contributed by atoms with Crippen LogP contribution in [-0.4, -0.2) is 42.7 Å². The molecular formula is C10H19FN2O. The quantitative estimate of drug-likeness (QED) is 0.723. The lowest BCUT2D eigenvalue weighted by molar-refractivity contribution is -0.135. The van der Waals surface area contributed by atoms with Gasteiger partial charge in [-0.05, 0) is 13.8 Å². The third-order valence-electron chi connectivity index (χ3n) is 2.95. The predicted molar refractivity (Wildman–Crippen MR) is 53.8 cm³/mol. The molecule has 0 spiro atoms. The molecule has 82 valence electrons. The number of amides is 1. The van der Waals surface area contributed by atoms with Gasteiger partial charge in [0.25, 0.3) is 5.91 Å². The molecule has 3 nitrogen and oxygen atoms in total. The Labute approximate surface area is 84.7 Å². The Bertz CT molecular complexity index is 210. The first-order valence-corrected chi connectivity index (χ1v) is 5.15. The van der Waals surface area contributed by atoms with E-state index in [9.17, 15) is 9.18 Å². The summed E-state index contributed by atoms with van der Waals surface area (Å²) in [5, 5.41) is 2.39. The number of rotatable bonds is 2. The fourth-order valence-electron chi connectivity index (χ4n) is 1.85. The van der Waals surface area contributed by atoms with Gasteiger partial charge in [0.2, 0.25) is 0 Å². The highest BCUT2D eigenvalue weighted by molar-refractivity contribution is 5.84. The molecule has 1 amide bonds. The van der Waals surface area contributed by atoms with Crippen LogP contribution in [0, 0.1) is 0 Å². The first kappa shape index (κ1) is 11.4. The topological polar surface area (TPSA) is 32.3 Å². The van der Waals surface area contributed by atoms with E-state index < -0.39 is 11.6 Å². The maximum Gasteiger partial charge on any atom is 0.257 e. The SMILES string of the molecule is CNC(=O)C1(F)CCN(C(C)C)CC1. The van der Waals surface area contributed by atoms with Gasteiger partial charge in [-0.2, -0.15) is 0 Å². The number of nitrogens with one attached hydrogen (secondary N) is 1. The van der Waals surface area contributed by atoms with E-state index in [0.29, 0.717) is 32.0 Å². The maximum absolute atomic E-state index is 14.0. The van der Waals surface area contributed by atoms with Crippen LogP contribution in [0.3, 0.4) is 0 Å². The van der Waals surface area contributed by atoms with Crippen LogP contribution in [0.25, 0.3) is 0 Å². The summed E-state index contributed by atoms with van der Waals surface area (Å²) in [5.74, 6) is -0.471. The summed E-state index contributed by atoms with van der Waals surface area (Å²) >= 11 is 0. The van der Waals surface area contributed by atoms with Crippen molar-refractivity contribution in [3.05, 3.63) is 0 Å². The molecule has 0 aromatic rings. The fraction of sp³-hybridized carbons (Fsp3) is 0.900. The summed E-state index contributed by atoms with van der Waals surface area (Å²) in [6, 6.07) is 0.434. The Morgan fingerprint density at radius 1 is 1.43 bits per heavy atom. The highest BCUT2D eigenvalue weighted by Crippen LogP contribution is 2.27. The number of nitrogens with zero attached hydrogens (tertiary/aromatic N) is 1. The second-order valence-corrected chi connectivity index (χ2v) is 4.17. The number of halogens is 1. The molecule has 14 heavy (non-hydrogen) atoms. The third kappa shape index (κ3) is 2.23. The third-order valence-corrected chi connectivity index (χ3v) is 2.95. The molecule has 0 unspecified atom stereocenters. The Balaban J connectivity index is 2.53. The van der Waals surface area contributed by atoms with Crippen LogP contribution in [0.4, 0.5) is 4.39 Å². The van der Waals surface area contributed by atoms with Crippen LogP contribution < -0.4 is 5.32 Å². The minimum absolute atomic E-state index is 0.310. The molecule has 0 saturated carbocycles. The average molecular weight is 202 g/mol. The molecule has 1 N–H and O–H groups in total. The summed E-state index contributed by atoms with van der Waals surface area (Å²) < 4.78 is 14.0. The van der Waals surface area contributed by atoms with Crippen LogP contribution in [0.1, 0.15) is 26.7 Å². The summed E-state index contributed by atoms with van der Waals surface area (Å²) in [6.07, 6.45) is 0.621. The number of likely N-dealkylation sites (tertiary alicyclic amines) is 1. The van der Waals surface area contributed by atoms with Crippen LogP contribution >= 0.6 is 0 Å². The molecule has 1 saturated heterocycles. The summed E-state index contributed by atoms with van der Waals surface area (Å²) in [4.78, 5) is 13.5. The number of hydrogen-bond donors (Lipinski definition) is 1. The summed E-state index contributed by atoms with van der Waals surface area (Å²) in [7, 11) is 1.48. The molecule has 1 rings (SSSR count). The van der Waals surface area contributed by atoms with Crippen LogP contribution in [0.5, 0.6) is 0 Å². The molecule has 0 atom stereocenters. The highest BCUT2D eigenvalue weighted by atomic mass is 19.1. The molecule has 1 fully saturated rings. The van der Waals surface area contributed by atoms with Crippen molar-refractivity contribution in [1.29, 1.82) is 0 Å². The van der Waals surface area contributed by atoms with Crippen molar-refractivity contribution < 1.29 is 9.18 Å².